The molecule has 6 N–H and O–H groups in total. The van der Waals surface area contributed by atoms with Crippen molar-refractivity contribution in [3.63, 3.8) is 0 Å². The van der Waals surface area contributed by atoms with Crippen LogP contribution in [0.2, 0.25) is 0 Å². The molecule has 10 atom stereocenters. The second-order valence-corrected chi connectivity index (χ2v) is 7.52. The summed E-state index contributed by atoms with van der Waals surface area (Å²) in [5.74, 6) is -0.864. The van der Waals surface area contributed by atoms with Crippen molar-refractivity contribution in [3.8, 4) is 0 Å². The summed E-state index contributed by atoms with van der Waals surface area (Å²) in [6.07, 6.45) is -8.57. The fourth-order valence-corrected chi connectivity index (χ4v) is 3.91. The van der Waals surface area contributed by atoms with Crippen molar-refractivity contribution in [2.75, 3.05) is 20.3 Å². The van der Waals surface area contributed by atoms with Gasteiger partial charge in [0.1, 0.15) is 42.7 Å². The van der Waals surface area contributed by atoms with Gasteiger partial charge in [0.2, 0.25) is 11.8 Å². The SMILES string of the molecule is CO[C@H]1C(O)C(NC(C)=O)C(OC2C(CO)OC(C)[C@@H](NC(C)=O)[C@H]2O)O[C@H]1CO. The van der Waals surface area contributed by atoms with E-state index in [9.17, 15) is 30.0 Å². The summed E-state index contributed by atoms with van der Waals surface area (Å²) in [6, 6.07) is -1.93. The molecule has 174 valence electrons. The van der Waals surface area contributed by atoms with E-state index in [1.165, 1.54) is 21.0 Å². The Morgan fingerprint density at radius 2 is 1.40 bits per heavy atom. The van der Waals surface area contributed by atoms with Crippen molar-refractivity contribution in [1.82, 2.24) is 10.6 Å². The summed E-state index contributed by atoms with van der Waals surface area (Å²) in [4.78, 5) is 23.2. The largest absolute Gasteiger partial charge is 0.394 e. The molecule has 0 aromatic heterocycles. The van der Waals surface area contributed by atoms with Crippen LogP contribution < -0.4 is 10.6 Å². The van der Waals surface area contributed by atoms with Crippen LogP contribution in [-0.2, 0) is 28.5 Å². The average molecular weight is 436 g/mol. The van der Waals surface area contributed by atoms with E-state index in [4.69, 9.17) is 18.9 Å². The third-order valence-electron chi connectivity index (χ3n) is 5.30. The standard InChI is InChI=1S/C18H32N2O10/c1-7-12(19-8(2)23)14(25)17(11(6-22)28-7)30-18-13(20-9(3)24)15(26)16(27-4)10(5-21)29-18/h7,10-18,21-22,25-26H,5-6H2,1-4H3,(H,19,23)(H,20,24)/t7?,10-,11?,12+,13?,14+,15?,16+,17?,18?/m0/s1. The lowest BCUT2D eigenvalue weighted by molar-refractivity contribution is -0.315. The zero-order valence-electron chi connectivity index (χ0n) is 17.4. The van der Waals surface area contributed by atoms with Crippen molar-refractivity contribution >= 4 is 11.8 Å². The third-order valence-corrected chi connectivity index (χ3v) is 5.30. The fourth-order valence-electron chi connectivity index (χ4n) is 3.91. The molecular formula is C18H32N2O10. The highest BCUT2D eigenvalue weighted by Crippen LogP contribution is 2.30. The first kappa shape index (κ1) is 24.9. The molecule has 2 amide bonds. The van der Waals surface area contributed by atoms with Crippen molar-refractivity contribution in [3.05, 3.63) is 0 Å². The summed E-state index contributed by atoms with van der Waals surface area (Å²) >= 11 is 0. The molecule has 2 fully saturated rings. The van der Waals surface area contributed by atoms with Gasteiger partial charge in [-0.2, -0.15) is 0 Å². The molecule has 2 rings (SSSR count). The first-order chi connectivity index (χ1) is 14.1. The number of rotatable bonds is 7. The molecule has 0 aliphatic carbocycles. The zero-order valence-corrected chi connectivity index (χ0v) is 17.4. The van der Waals surface area contributed by atoms with Gasteiger partial charge in [-0.05, 0) is 6.92 Å². The number of hydrogen-bond acceptors (Lipinski definition) is 10. The Kier molecular flexibility index (Phi) is 8.94. The van der Waals surface area contributed by atoms with Gasteiger partial charge in [-0.1, -0.05) is 0 Å². The Hall–Kier alpha value is -1.38. The lowest BCUT2D eigenvalue weighted by atomic mass is 9.92. The second kappa shape index (κ2) is 10.8. The summed E-state index contributed by atoms with van der Waals surface area (Å²) < 4.78 is 22.4. The molecule has 0 radical (unpaired) electrons. The van der Waals surface area contributed by atoms with E-state index in [0.29, 0.717) is 0 Å². The van der Waals surface area contributed by atoms with Gasteiger partial charge in [0, 0.05) is 21.0 Å². The van der Waals surface area contributed by atoms with E-state index in [-0.39, 0.29) is 5.91 Å². The topological polar surface area (TPSA) is 176 Å². The molecule has 2 aliphatic rings. The molecule has 12 heteroatoms. The Balaban J connectivity index is 2.28. The summed E-state index contributed by atoms with van der Waals surface area (Å²) in [7, 11) is 1.33. The van der Waals surface area contributed by atoms with Crippen LogP contribution in [0.5, 0.6) is 0 Å². The minimum Gasteiger partial charge on any atom is -0.394 e. The molecule has 0 aromatic rings. The predicted molar refractivity (Wildman–Crippen MR) is 100 cm³/mol. The van der Waals surface area contributed by atoms with Crippen molar-refractivity contribution < 1.29 is 49.0 Å². The number of nitrogens with one attached hydrogen (secondary N) is 2. The molecule has 0 saturated carbocycles. The van der Waals surface area contributed by atoms with E-state index in [0.717, 1.165) is 0 Å². The summed E-state index contributed by atoms with van der Waals surface area (Å²) in [5.41, 5.74) is 0. The Morgan fingerprint density at radius 3 is 1.90 bits per heavy atom. The zero-order chi connectivity index (χ0) is 22.6. The van der Waals surface area contributed by atoms with Crippen molar-refractivity contribution in [2.24, 2.45) is 0 Å². The first-order valence-electron chi connectivity index (χ1n) is 9.75. The Morgan fingerprint density at radius 1 is 0.900 bits per heavy atom. The van der Waals surface area contributed by atoms with Crippen LogP contribution in [0.4, 0.5) is 0 Å². The van der Waals surface area contributed by atoms with E-state index in [1.54, 1.807) is 6.92 Å². The van der Waals surface area contributed by atoms with Crippen LogP contribution >= 0.6 is 0 Å². The van der Waals surface area contributed by atoms with Gasteiger partial charge in [0.15, 0.2) is 6.29 Å². The van der Waals surface area contributed by atoms with Gasteiger partial charge in [-0.15, -0.1) is 0 Å². The number of aliphatic hydroxyl groups is 4. The lowest BCUT2D eigenvalue weighted by Gasteiger charge is -2.48. The van der Waals surface area contributed by atoms with E-state index in [1.807, 2.05) is 0 Å². The number of ether oxygens (including phenoxy) is 4. The van der Waals surface area contributed by atoms with Gasteiger partial charge < -0.3 is 50.0 Å². The maximum Gasteiger partial charge on any atom is 0.217 e. The van der Waals surface area contributed by atoms with Crippen LogP contribution in [0, 0.1) is 0 Å². The fraction of sp³-hybridized carbons (Fsp3) is 0.889. The smallest absolute Gasteiger partial charge is 0.217 e. The maximum atomic E-state index is 11.7. The highest BCUT2D eigenvalue weighted by atomic mass is 16.7. The minimum atomic E-state index is -1.31. The molecule has 2 heterocycles. The van der Waals surface area contributed by atoms with Crippen LogP contribution in [0.15, 0.2) is 0 Å². The molecule has 0 aromatic carbocycles. The Labute approximate surface area is 174 Å². The monoisotopic (exact) mass is 436 g/mol. The molecule has 12 nitrogen and oxygen atoms in total. The molecule has 30 heavy (non-hydrogen) atoms. The predicted octanol–water partition coefficient (Wildman–Crippen LogP) is -3.39. The number of carbonyl (C=O) groups is 2. The highest BCUT2D eigenvalue weighted by Gasteiger charge is 2.51. The van der Waals surface area contributed by atoms with Crippen LogP contribution in [0.1, 0.15) is 20.8 Å². The quantitative estimate of drug-likeness (QED) is 0.236. The lowest BCUT2D eigenvalue weighted by Crippen LogP contribution is -2.69. The van der Waals surface area contributed by atoms with Gasteiger partial charge in [-0.3, -0.25) is 9.59 Å². The van der Waals surface area contributed by atoms with Gasteiger partial charge in [0.05, 0.1) is 25.4 Å². The maximum absolute atomic E-state index is 11.7. The Bertz CT molecular complexity index is 593. The normalized spacial score (nSPS) is 41.9. The third kappa shape index (κ3) is 5.45. The van der Waals surface area contributed by atoms with Gasteiger partial charge >= 0.3 is 0 Å². The van der Waals surface area contributed by atoms with E-state index < -0.39 is 80.2 Å². The average Bonchev–Trinajstić information content (AvgIpc) is 2.68. The molecule has 0 bridgehead atoms. The van der Waals surface area contributed by atoms with E-state index in [2.05, 4.69) is 10.6 Å². The molecule has 2 saturated heterocycles. The van der Waals surface area contributed by atoms with Crippen LogP contribution in [0.3, 0.4) is 0 Å². The number of carbonyl (C=O) groups excluding carboxylic acids is 2. The number of aliphatic hydroxyl groups excluding tert-OH is 4. The summed E-state index contributed by atoms with van der Waals surface area (Å²) in [6.45, 7) is 3.17. The van der Waals surface area contributed by atoms with Gasteiger partial charge in [0.25, 0.3) is 0 Å². The minimum absolute atomic E-state index is 0.389. The van der Waals surface area contributed by atoms with Crippen LogP contribution in [-0.4, -0.2) is 114 Å². The second-order valence-electron chi connectivity index (χ2n) is 7.52. The number of amides is 2. The number of hydrogen-bond donors (Lipinski definition) is 6. The molecule has 6 unspecified atom stereocenters. The highest BCUT2D eigenvalue weighted by molar-refractivity contribution is 5.73. The number of methoxy groups -OCH3 is 1. The van der Waals surface area contributed by atoms with Crippen LogP contribution in [0.25, 0.3) is 0 Å². The first-order valence-corrected chi connectivity index (χ1v) is 9.75. The van der Waals surface area contributed by atoms with Crippen molar-refractivity contribution in [2.45, 2.75) is 81.9 Å². The van der Waals surface area contributed by atoms with Gasteiger partial charge in [-0.25, -0.2) is 0 Å². The van der Waals surface area contributed by atoms with Crippen molar-refractivity contribution in [1.29, 1.82) is 0 Å². The summed E-state index contributed by atoms with van der Waals surface area (Å²) in [5, 5.41) is 45.9. The molecule has 2 aliphatic heterocycles. The molecule has 0 spiro atoms. The molecular weight excluding hydrogens is 404 g/mol. The van der Waals surface area contributed by atoms with E-state index >= 15 is 0 Å².